The third-order valence-electron chi connectivity index (χ3n) is 2.47. The zero-order chi connectivity index (χ0) is 11.6. The number of halogens is 1. The number of hydrogen-bond acceptors (Lipinski definition) is 2. The highest BCUT2D eigenvalue weighted by Crippen LogP contribution is 2.16. The Labute approximate surface area is 94.8 Å². The fourth-order valence-corrected chi connectivity index (χ4v) is 1.24. The molecule has 1 aromatic heterocycles. The maximum Gasteiger partial charge on any atom is 0.274 e. The van der Waals surface area contributed by atoms with Crippen molar-refractivity contribution in [3.8, 4) is 0 Å². The third kappa shape index (κ3) is 2.50. The van der Waals surface area contributed by atoms with Crippen molar-refractivity contribution in [3.63, 3.8) is 0 Å². The van der Waals surface area contributed by atoms with Crippen LogP contribution in [0.25, 0.3) is 0 Å². The zero-order valence-corrected chi connectivity index (χ0v) is 10.2. The summed E-state index contributed by atoms with van der Waals surface area (Å²) in [6.07, 6.45) is 1.74. The summed E-state index contributed by atoms with van der Waals surface area (Å²) in [5.74, 6) is 0.281. The van der Waals surface area contributed by atoms with E-state index in [4.69, 9.17) is 11.6 Å². The number of carbonyl (C=O) groups excluding carboxylic acids is 1. The van der Waals surface area contributed by atoms with Crippen LogP contribution in [0.3, 0.4) is 0 Å². The van der Waals surface area contributed by atoms with Crippen molar-refractivity contribution < 1.29 is 4.79 Å². The fraction of sp³-hybridized carbons (Fsp3) is 0.600. The molecular weight excluding hydrogens is 214 g/mol. The number of hydrogen-bond donors (Lipinski definition) is 0. The van der Waals surface area contributed by atoms with Crippen molar-refractivity contribution in [1.82, 2.24) is 14.7 Å². The molecule has 0 saturated heterocycles. The molecule has 0 aliphatic carbocycles. The number of alkyl halides is 1. The standard InChI is InChI=1S/C10H16ClN3O/c1-10(2,7-11)14(4)9(15)8-5-6-13(3)12-8/h5-6H,7H2,1-4H3. The molecule has 15 heavy (non-hydrogen) atoms. The summed E-state index contributed by atoms with van der Waals surface area (Å²) in [6, 6.07) is 1.70. The van der Waals surface area contributed by atoms with E-state index in [0.717, 1.165) is 0 Å². The van der Waals surface area contributed by atoms with E-state index in [9.17, 15) is 4.79 Å². The highest BCUT2D eigenvalue weighted by molar-refractivity contribution is 6.18. The Morgan fingerprint density at radius 3 is 2.67 bits per heavy atom. The van der Waals surface area contributed by atoms with Gasteiger partial charge in [-0.3, -0.25) is 9.48 Å². The SMILES string of the molecule is CN(C(=O)c1ccn(C)n1)C(C)(C)CCl. The molecule has 0 fully saturated rings. The van der Waals surface area contributed by atoms with Gasteiger partial charge in [0.25, 0.3) is 5.91 Å². The second-order valence-electron chi connectivity index (χ2n) is 4.18. The summed E-state index contributed by atoms with van der Waals surface area (Å²) in [5.41, 5.74) is 0.0778. The fourth-order valence-electron chi connectivity index (χ4n) is 1.07. The second-order valence-corrected chi connectivity index (χ2v) is 4.45. The van der Waals surface area contributed by atoms with Gasteiger partial charge in [0.15, 0.2) is 0 Å². The first kappa shape index (κ1) is 12.0. The minimum absolute atomic E-state index is 0.110. The second kappa shape index (κ2) is 4.23. The van der Waals surface area contributed by atoms with Crippen LogP contribution in [0.2, 0.25) is 0 Å². The van der Waals surface area contributed by atoms with Crippen molar-refractivity contribution in [3.05, 3.63) is 18.0 Å². The number of amides is 1. The largest absolute Gasteiger partial charge is 0.334 e. The van der Waals surface area contributed by atoms with Crippen LogP contribution < -0.4 is 0 Å². The van der Waals surface area contributed by atoms with Crippen molar-refractivity contribution in [1.29, 1.82) is 0 Å². The molecule has 5 heteroatoms. The predicted molar refractivity (Wildman–Crippen MR) is 60.1 cm³/mol. The van der Waals surface area contributed by atoms with E-state index in [0.29, 0.717) is 11.6 Å². The molecule has 0 bridgehead atoms. The lowest BCUT2D eigenvalue weighted by atomic mass is 10.1. The first-order valence-electron chi connectivity index (χ1n) is 4.72. The molecular formula is C10H16ClN3O. The molecule has 0 aliphatic rings. The number of carbonyl (C=O) groups is 1. The Morgan fingerprint density at radius 1 is 1.67 bits per heavy atom. The lowest BCUT2D eigenvalue weighted by Crippen LogP contribution is -2.46. The topological polar surface area (TPSA) is 38.1 Å². The molecule has 0 spiro atoms. The number of aromatic nitrogens is 2. The van der Waals surface area contributed by atoms with Crippen molar-refractivity contribution >= 4 is 17.5 Å². The Kier molecular flexibility index (Phi) is 3.39. The number of rotatable bonds is 3. The molecule has 0 saturated carbocycles. The van der Waals surface area contributed by atoms with E-state index in [1.807, 2.05) is 13.8 Å². The molecule has 84 valence electrons. The van der Waals surface area contributed by atoms with Gasteiger partial charge in [0, 0.05) is 26.2 Å². The Hall–Kier alpha value is -1.03. The van der Waals surface area contributed by atoms with Gasteiger partial charge >= 0.3 is 0 Å². The van der Waals surface area contributed by atoms with Crippen LogP contribution >= 0.6 is 11.6 Å². The summed E-state index contributed by atoms with van der Waals surface area (Å²) < 4.78 is 1.61. The smallest absolute Gasteiger partial charge is 0.274 e. The average Bonchev–Trinajstić information content (AvgIpc) is 2.62. The summed E-state index contributed by atoms with van der Waals surface area (Å²) in [4.78, 5) is 13.6. The number of aryl methyl sites for hydroxylation is 1. The molecule has 0 aliphatic heterocycles. The number of nitrogens with zero attached hydrogens (tertiary/aromatic N) is 3. The van der Waals surface area contributed by atoms with Gasteiger partial charge in [-0.2, -0.15) is 5.10 Å². The molecule has 0 N–H and O–H groups in total. The quantitative estimate of drug-likeness (QED) is 0.737. The van der Waals surface area contributed by atoms with Crippen LogP contribution in [0.1, 0.15) is 24.3 Å². The van der Waals surface area contributed by atoms with Gasteiger partial charge in [-0.25, -0.2) is 0 Å². The van der Waals surface area contributed by atoms with Crippen LogP contribution in [0.5, 0.6) is 0 Å². The minimum atomic E-state index is -0.365. The monoisotopic (exact) mass is 229 g/mol. The van der Waals surface area contributed by atoms with Crippen molar-refractivity contribution in [2.24, 2.45) is 7.05 Å². The molecule has 1 amide bonds. The maximum atomic E-state index is 12.0. The van der Waals surface area contributed by atoms with Gasteiger partial charge in [0.05, 0.1) is 5.54 Å². The minimum Gasteiger partial charge on any atom is -0.334 e. The van der Waals surface area contributed by atoms with Gasteiger partial charge in [-0.1, -0.05) is 0 Å². The first-order valence-corrected chi connectivity index (χ1v) is 5.25. The van der Waals surface area contributed by atoms with E-state index in [1.54, 1.807) is 35.9 Å². The Bertz CT molecular complexity index is 359. The van der Waals surface area contributed by atoms with E-state index in [-0.39, 0.29) is 11.4 Å². The lowest BCUT2D eigenvalue weighted by molar-refractivity contribution is 0.0653. The lowest BCUT2D eigenvalue weighted by Gasteiger charge is -2.33. The highest BCUT2D eigenvalue weighted by atomic mass is 35.5. The molecule has 0 unspecified atom stereocenters. The van der Waals surface area contributed by atoms with Crippen LogP contribution in [0.15, 0.2) is 12.3 Å². The molecule has 0 aromatic carbocycles. The zero-order valence-electron chi connectivity index (χ0n) is 9.49. The van der Waals surface area contributed by atoms with Crippen LogP contribution in [0.4, 0.5) is 0 Å². The normalized spacial score (nSPS) is 11.5. The molecule has 4 nitrogen and oxygen atoms in total. The summed E-state index contributed by atoms with van der Waals surface area (Å²) >= 11 is 5.81. The molecule has 0 radical (unpaired) electrons. The summed E-state index contributed by atoms with van der Waals surface area (Å²) in [5, 5.41) is 4.06. The van der Waals surface area contributed by atoms with Gasteiger partial charge in [-0.05, 0) is 19.9 Å². The van der Waals surface area contributed by atoms with Gasteiger partial charge in [-0.15, -0.1) is 11.6 Å². The first-order chi connectivity index (χ1) is 6.88. The van der Waals surface area contributed by atoms with Crippen molar-refractivity contribution in [2.75, 3.05) is 12.9 Å². The maximum absolute atomic E-state index is 12.0. The average molecular weight is 230 g/mol. The van der Waals surface area contributed by atoms with E-state index >= 15 is 0 Å². The third-order valence-corrected chi connectivity index (χ3v) is 3.13. The van der Waals surface area contributed by atoms with Gasteiger partial charge < -0.3 is 4.90 Å². The molecule has 1 heterocycles. The predicted octanol–water partition coefficient (Wildman–Crippen LogP) is 1.51. The highest BCUT2D eigenvalue weighted by Gasteiger charge is 2.28. The van der Waals surface area contributed by atoms with E-state index < -0.39 is 0 Å². The van der Waals surface area contributed by atoms with Crippen molar-refractivity contribution in [2.45, 2.75) is 19.4 Å². The van der Waals surface area contributed by atoms with Gasteiger partial charge in [0.1, 0.15) is 5.69 Å². The van der Waals surface area contributed by atoms with Crippen LogP contribution in [-0.2, 0) is 7.05 Å². The van der Waals surface area contributed by atoms with Crippen LogP contribution in [-0.4, -0.2) is 39.1 Å². The summed E-state index contributed by atoms with van der Waals surface area (Å²) in [7, 11) is 3.52. The molecule has 1 rings (SSSR count). The Balaban J connectivity index is 2.86. The Morgan fingerprint density at radius 2 is 2.27 bits per heavy atom. The molecule has 0 atom stereocenters. The van der Waals surface area contributed by atoms with Crippen LogP contribution in [0, 0.1) is 0 Å². The summed E-state index contributed by atoms with van der Waals surface area (Å²) in [6.45, 7) is 3.84. The molecule has 1 aromatic rings. The van der Waals surface area contributed by atoms with E-state index in [2.05, 4.69) is 5.10 Å². The van der Waals surface area contributed by atoms with E-state index in [1.165, 1.54) is 0 Å². The van der Waals surface area contributed by atoms with Gasteiger partial charge in [0.2, 0.25) is 0 Å².